The van der Waals surface area contributed by atoms with Gasteiger partial charge in [0, 0.05) is 44.3 Å². The fourth-order valence-electron chi connectivity index (χ4n) is 2.90. The molecular formula is C19H19N7O. The van der Waals surface area contributed by atoms with Gasteiger partial charge in [-0.1, -0.05) is 18.2 Å². The molecule has 0 atom stereocenters. The molecule has 1 amide bonds. The van der Waals surface area contributed by atoms with Crippen LogP contribution in [0.15, 0.2) is 61.2 Å². The fourth-order valence-corrected chi connectivity index (χ4v) is 2.90. The van der Waals surface area contributed by atoms with Crippen LogP contribution in [-0.2, 0) is 0 Å². The van der Waals surface area contributed by atoms with Crippen LogP contribution in [-0.4, -0.2) is 56.9 Å². The van der Waals surface area contributed by atoms with Crippen LogP contribution in [0, 0.1) is 0 Å². The molecule has 0 saturated carbocycles. The van der Waals surface area contributed by atoms with Crippen molar-refractivity contribution in [3.05, 3.63) is 66.9 Å². The number of nitrogens with one attached hydrogen (secondary N) is 1. The van der Waals surface area contributed by atoms with Crippen molar-refractivity contribution in [3.8, 4) is 0 Å². The molecule has 8 nitrogen and oxygen atoms in total. The molecule has 3 aromatic rings. The highest BCUT2D eigenvalue weighted by molar-refractivity contribution is 5.92. The van der Waals surface area contributed by atoms with Gasteiger partial charge >= 0.3 is 0 Å². The lowest BCUT2D eigenvalue weighted by atomic mass is 10.3. The SMILES string of the molecule is O=C(c1cnc(Nc2ccccc2)cn1)N1CCN(c2ncccn2)CC1. The molecule has 8 heteroatoms. The molecule has 3 heterocycles. The lowest BCUT2D eigenvalue weighted by molar-refractivity contribution is 0.0740. The molecule has 2 aromatic heterocycles. The van der Waals surface area contributed by atoms with E-state index in [1.807, 2.05) is 30.3 Å². The van der Waals surface area contributed by atoms with Gasteiger partial charge in [-0.05, 0) is 18.2 Å². The number of amides is 1. The minimum Gasteiger partial charge on any atom is -0.339 e. The van der Waals surface area contributed by atoms with E-state index < -0.39 is 0 Å². The molecule has 1 saturated heterocycles. The molecule has 0 bridgehead atoms. The van der Waals surface area contributed by atoms with Crippen LogP contribution in [0.1, 0.15) is 10.5 Å². The smallest absolute Gasteiger partial charge is 0.274 e. The van der Waals surface area contributed by atoms with Gasteiger partial charge in [-0.3, -0.25) is 4.79 Å². The number of aromatic nitrogens is 4. The highest BCUT2D eigenvalue weighted by atomic mass is 16.2. The summed E-state index contributed by atoms with van der Waals surface area (Å²) in [4.78, 5) is 33.6. The average molecular weight is 361 g/mol. The van der Waals surface area contributed by atoms with Crippen LogP contribution >= 0.6 is 0 Å². The van der Waals surface area contributed by atoms with Crippen molar-refractivity contribution < 1.29 is 4.79 Å². The number of nitrogens with zero attached hydrogens (tertiary/aromatic N) is 6. The van der Waals surface area contributed by atoms with Gasteiger partial charge in [0.1, 0.15) is 11.5 Å². The predicted molar refractivity (Wildman–Crippen MR) is 102 cm³/mol. The number of carbonyl (C=O) groups excluding carboxylic acids is 1. The van der Waals surface area contributed by atoms with Crippen LogP contribution in [0.4, 0.5) is 17.5 Å². The zero-order chi connectivity index (χ0) is 18.5. The summed E-state index contributed by atoms with van der Waals surface area (Å²) in [6.45, 7) is 2.58. The maximum Gasteiger partial charge on any atom is 0.274 e. The van der Waals surface area contributed by atoms with Gasteiger partial charge < -0.3 is 15.1 Å². The molecule has 4 rings (SSSR count). The van der Waals surface area contributed by atoms with Crippen molar-refractivity contribution >= 4 is 23.4 Å². The van der Waals surface area contributed by atoms with Crippen molar-refractivity contribution in [1.82, 2.24) is 24.8 Å². The first-order valence-electron chi connectivity index (χ1n) is 8.75. The summed E-state index contributed by atoms with van der Waals surface area (Å²) in [5.41, 5.74) is 1.27. The normalized spacial score (nSPS) is 14.1. The number of hydrogen-bond acceptors (Lipinski definition) is 7. The molecule has 1 N–H and O–H groups in total. The first-order chi connectivity index (χ1) is 13.3. The number of piperazine rings is 1. The second-order valence-electron chi connectivity index (χ2n) is 6.11. The highest BCUT2D eigenvalue weighted by Crippen LogP contribution is 2.14. The third-order valence-electron chi connectivity index (χ3n) is 4.32. The maximum atomic E-state index is 12.7. The van der Waals surface area contributed by atoms with E-state index in [0.29, 0.717) is 43.6 Å². The van der Waals surface area contributed by atoms with E-state index in [1.165, 1.54) is 6.20 Å². The van der Waals surface area contributed by atoms with E-state index in [1.54, 1.807) is 29.6 Å². The number of carbonyl (C=O) groups is 1. The summed E-state index contributed by atoms with van der Waals surface area (Å²) in [6.07, 6.45) is 6.54. The van der Waals surface area contributed by atoms with Crippen molar-refractivity contribution in [2.24, 2.45) is 0 Å². The molecule has 0 spiro atoms. The number of hydrogen-bond donors (Lipinski definition) is 1. The third-order valence-corrected chi connectivity index (χ3v) is 4.32. The van der Waals surface area contributed by atoms with Crippen LogP contribution < -0.4 is 10.2 Å². The summed E-state index contributed by atoms with van der Waals surface area (Å²) in [7, 11) is 0. The van der Waals surface area contributed by atoms with E-state index >= 15 is 0 Å². The monoisotopic (exact) mass is 361 g/mol. The quantitative estimate of drug-likeness (QED) is 0.760. The van der Waals surface area contributed by atoms with Gasteiger partial charge in [0.2, 0.25) is 5.95 Å². The van der Waals surface area contributed by atoms with E-state index in [0.717, 1.165) is 5.69 Å². The second-order valence-corrected chi connectivity index (χ2v) is 6.11. The Morgan fingerprint density at radius 2 is 1.59 bits per heavy atom. The zero-order valence-electron chi connectivity index (χ0n) is 14.7. The van der Waals surface area contributed by atoms with Crippen LogP contribution in [0.3, 0.4) is 0 Å². The Kier molecular flexibility index (Phi) is 4.86. The third kappa shape index (κ3) is 4.00. The minimum absolute atomic E-state index is 0.109. The van der Waals surface area contributed by atoms with Gasteiger partial charge in [0.25, 0.3) is 5.91 Å². The second kappa shape index (κ2) is 7.77. The molecule has 27 heavy (non-hydrogen) atoms. The molecule has 1 fully saturated rings. The van der Waals surface area contributed by atoms with Gasteiger partial charge in [-0.2, -0.15) is 0 Å². The Morgan fingerprint density at radius 3 is 2.26 bits per heavy atom. The first kappa shape index (κ1) is 16.9. The number of anilines is 3. The molecule has 0 radical (unpaired) electrons. The summed E-state index contributed by atoms with van der Waals surface area (Å²) < 4.78 is 0. The van der Waals surface area contributed by atoms with Crippen LogP contribution in [0.5, 0.6) is 0 Å². The first-order valence-corrected chi connectivity index (χ1v) is 8.75. The standard InChI is InChI=1S/C19H19N7O/c27-18(25-9-11-26(12-10-25)19-20-7-4-8-21-19)16-13-23-17(14-22-16)24-15-5-2-1-3-6-15/h1-8,13-14H,9-12H2,(H,23,24). The van der Waals surface area contributed by atoms with E-state index in [-0.39, 0.29) is 5.91 Å². The zero-order valence-corrected chi connectivity index (χ0v) is 14.7. The molecule has 0 aliphatic carbocycles. The van der Waals surface area contributed by atoms with Crippen molar-refractivity contribution in [1.29, 1.82) is 0 Å². The van der Waals surface area contributed by atoms with Gasteiger partial charge in [-0.15, -0.1) is 0 Å². The minimum atomic E-state index is -0.109. The van der Waals surface area contributed by atoms with E-state index in [9.17, 15) is 4.79 Å². The molecule has 1 aromatic carbocycles. The topological polar surface area (TPSA) is 87.1 Å². The summed E-state index contributed by atoms with van der Waals surface area (Å²) >= 11 is 0. The molecule has 1 aliphatic rings. The largest absolute Gasteiger partial charge is 0.339 e. The van der Waals surface area contributed by atoms with Gasteiger partial charge in [0.15, 0.2) is 0 Å². The highest BCUT2D eigenvalue weighted by Gasteiger charge is 2.24. The van der Waals surface area contributed by atoms with Crippen LogP contribution in [0.2, 0.25) is 0 Å². The Hall–Kier alpha value is -3.55. The lowest BCUT2D eigenvalue weighted by Gasteiger charge is -2.34. The molecule has 0 unspecified atom stereocenters. The van der Waals surface area contributed by atoms with Crippen LogP contribution in [0.25, 0.3) is 0 Å². The fraction of sp³-hybridized carbons (Fsp3) is 0.211. The maximum absolute atomic E-state index is 12.7. The summed E-state index contributed by atoms with van der Waals surface area (Å²) in [5, 5.41) is 3.15. The van der Waals surface area contributed by atoms with Gasteiger partial charge in [-0.25, -0.2) is 19.9 Å². The lowest BCUT2D eigenvalue weighted by Crippen LogP contribution is -2.49. The predicted octanol–water partition coefficient (Wildman–Crippen LogP) is 1.97. The number of rotatable bonds is 4. The van der Waals surface area contributed by atoms with E-state index in [4.69, 9.17) is 0 Å². The van der Waals surface area contributed by atoms with Crippen molar-refractivity contribution in [2.75, 3.05) is 36.4 Å². The Bertz CT molecular complexity index is 879. The number of benzene rings is 1. The Morgan fingerprint density at radius 1 is 0.852 bits per heavy atom. The molecule has 136 valence electrons. The molecule has 1 aliphatic heterocycles. The Labute approximate surface area is 156 Å². The number of para-hydroxylation sites is 1. The van der Waals surface area contributed by atoms with Gasteiger partial charge in [0.05, 0.1) is 12.4 Å². The molecular weight excluding hydrogens is 342 g/mol. The van der Waals surface area contributed by atoms with E-state index in [2.05, 4.69) is 30.2 Å². The van der Waals surface area contributed by atoms with Crippen molar-refractivity contribution in [3.63, 3.8) is 0 Å². The Balaban J connectivity index is 1.36. The summed E-state index contributed by atoms with van der Waals surface area (Å²) in [5.74, 6) is 1.19. The average Bonchev–Trinajstić information content (AvgIpc) is 2.75. The summed E-state index contributed by atoms with van der Waals surface area (Å²) in [6, 6.07) is 11.5. The van der Waals surface area contributed by atoms with Crippen molar-refractivity contribution in [2.45, 2.75) is 0 Å².